The molecule has 0 bridgehead atoms. The summed E-state index contributed by atoms with van der Waals surface area (Å²) in [6.45, 7) is 3.90. The van der Waals surface area contributed by atoms with Crippen LogP contribution in [0.15, 0.2) is 0 Å². The van der Waals surface area contributed by atoms with Crippen LogP contribution in [0.5, 0.6) is 0 Å². The predicted octanol–water partition coefficient (Wildman–Crippen LogP) is 1.86. The van der Waals surface area contributed by atoms with Crippen LogP contribution in [0.1, 0.15) is 51.9 Å². The zero-order valence-corrected chi connectivity index (χ0v) is 12.4. The van der Waals surface area contributed by atoms with E-state index < -0.39 is 5.60 Å². The number of ether oxygens (including phenoxy) is 2. The van der Waals surface area contributed by atoms with Gasteiger partial charge in [0.15, 0.2) is 0 Å². The maximum Gasteiger partial charge on any atom is 0.0765 e. The molecule has 2 atom stereocenters. The Bertz CT molecular complexity index is 275. The van der Waals surface area contributed by atoms with E-state index in [4.69, 9.17) is 9.47 Å². The van der Waals surface area contributed by atoms with Crippen molar-refractivity contribution in [2.24, 2.45) is 0 Å². The minimum atomic E-state index is -0.695. The van der Waals surface area contributed by atoms with Crippen LogP contribution in [0.25, 0.3) is 0 Å². The molecule has 1 heterocycles. The van der Waals surface area contributed by atoms with Crippen molar-refractivity contribution in [3.63, 3.8) is 0 Å². The first-order valence-electron chi connectivity index (χ1n) is 7.65. The van der Waals surface area contributed by atoms with E-state index >= 15 is 0 Å². The minimum absolute atomic E-state index is 0.213. The fourth-order valence-electron chi connectivity index (χ4n) is 3.34. The molecule has 1 saturated heterocycles. The second-order valence-corrected chi connectivity index (χ2v) is 6.54. The van der Waals surface area contributed by atoms with Crippen molar-refractivity contribution in [1.29, 1.82) is 0 Å². The molecule has 4 nitrogen and oxygen atoms in total. The molecular weight excluding hydrogens is 242 g/mol. The van der Waals surface area contributed by atoms with E-state index in [9.17, 15) is 5.11 Å². The van der Waals surface area contributed by atoms with E-state index in [1.165, 1.54) is 32.1 Å². The lowest BCUT2D eigenvalue weighted by Crippen LogP contribution is -2.41. The number of methoxy groups -OCH3 is 1. The number of hydrogen-bond donors (Lipinski definition) is 2. The maximum absolute atomic E-state index is 10.1. The van der Waals surface area contributed by atoms with E-state index in [-0.39, 0.29) is 5.60 Å². The Morgan fingerprint density at radius 3 is 2.79 bits per heavy atom. The lowest BCUT2D eigenvalue weighted by molar-refractivity contribution is -0.0379. The largest absolute Gasteiger partial charge is 0.389 e. The summed E-state index contributed by atoms with van der Waals surface area (Å²) >= 11 is 0. The second kappa shape index (κ2) is 6.53. The third-order valence-electron chi connectivity index (χ3n) is 4.58. The maximum atomic E-state index is 10.1. The molecule has 0 aromatic heterocycles. The van der Waals surface area contributed by atoms with Gasteiger partial charge in [-0.1, -0.05) is 12.8 Å². The van der Waals surface area contributed by atoms with E-state index in [0.29, 0.717) is 25.7 Å². The summed E-state index contributed by atoms with van der Waals surface area (Å²) in [5.74, 6) is 0. The standard InChI is InChI=1S/C15H29NO3/c1-14(17,9-10-18-2)12-16-11-13-5-8-15(19-13)6-3-4-7-15/h13,16-17H,3-12H2,1-2H3. The normalized spacial score (nSPS) is 28.9. The molecule has 1 spiro atoms. The Morgan fingerprint density at radius 1 is 1.37 bits per heavy atom. The summed E-state index contributed by atoms with van der Waals surface area (Å²) in [7, 11) is 1.66. The van der Waals surface area contributed by atoms with Crippen LogP contribution in [-0.2, 0) is 9.47 Å². The van der Waals surface area contributed by atoms with Crippen LogP contribution in [0, 0.1) is 0 Å². The third kappa shape index (κ3) is 4.42. The van der Waals surface area contributed by atoms with Gasteiger partial charge in [-0.15, -0.1) is 0 Å². The first kappa shape index (κ1) is 15.2. The summed E-state index contributed by atoms with van der Waals surface area (Å²) in [6, 6.07) is 0. The lowest BCUT2D eigenvalue weighted by Gasteiger charge is -2.26. The minimum Gasteiger partial charge on any atom is -0.389 e. The van der Waals surface area contributed by atoms with Gasteiger partial charge in [0.25, 0.3) is 0 Å². The highest BCUT2D eigenvalue weighted by atomic mass is 16.5. The van der Waals surface area contributed by atoms with Crippen molar-refractivity contribution in [2.75, 3.05) is 26.8 Å². The van der Waals surface area contributed by atoms with Gasteiger partial charge >= 0.3 is 0 Å². The van der Waals surface area contributed by atoms with Crippen molar-refractivity contribution in [3.8, 4) is 0 Å². The highest BCUT2D eigenvalue weighted by molar-refractivity contribution is 4.93. The summed E-state index contributed by atoms with van der Waals surface area (Å²) in [5, 5.41) is 13.5. The average molecular weight is 271 g/mol. The highest BCUT2D eigenvalue weighted by Gasteiger charge is 2.41. The zero-order valence-electron chi connectivity index (χ0n) is 12.4. The first-order valence-corrected chi connectivity index (χ1v) is 7.65. The average Bonchev–Trinajstić information content (AvgIpc) is 2.98. The zero-order chi connectivity index (χ0) is 13.8. The SMILES string of the molecule is COCCC(C)(O)CNCC1CCC2(CCCC2)O1. The van der Waals surface area contributed by atoms with Crippen LogP contribution >= 0.6 is 0 Å². The van der Waals surface area contributed by atoms with Gasteiger partial charge in [-0.2, -0.15) is 0 Å². The van der Waals surface area contributed by atoms with Crippen LogP contribution in [0.4, 0.5) is 0 Å². The molecule has 0 amide bonds. The van der Waals surface area contributed by atoms with Crippen LogP contribution < -0.4 is 5.32 Å². The summed E-state index contributed by atoms with van der Waals surface area (Å²) in [5.41, 5.74) is -0.482. The van der Waals surface area contributed by atoms with Crippen LogP contribution in [0.2, 0.25) is 0 Å². The van der Waals surface area contributed by atoms with Gasteiger partial charge in [0.2, 0.25) is 0 Å². The quantitative estimate of drug-likeness (QED) is 0.742. The van der Waals surface area contributed by atoms with Crippen molar-refractivity contribution in [1.82, 2.24) is 5.32 Å². The Balaban J connectivity index is 1.64. The van der Waals surface area contributed by atoms with Crippen LogP contribution in [0.3, 0.4) is 0 Å². The molecule has 1 aliphatic carbocycles. The van der Waals surface area contributed by atoms with E-state index in [0.717, 1.165) is 13.0 Å². The molecule has 2 N–H and O–H groups in total. The number of aliphatic hydroxyl groups is 1. The van der Waals surface area contributed by atoms with Gasteiger partial charge in [0.1, 0.15) is 0 Å². The van der Waals surface area contributed by atoms with E-state index in [1.54, 1.807) is 7.11 Å². The second-order valence-electron chi connectivity index (χ2n) is 6.54. The smallest absolute Gasteiger partial charge is 0.0765 e. The molecule has 1 aliphatic heterocycles. The third-order valence-corrected chi connectivity index (χ3v) is 4.58. The van der Waals surface area contributed by atoms with Crippen LogP contribution in [-0.4, -0.2) is 49.2 Å². The monoisotopic (exact) mass is 271 g/mol. The Morgan fingerprint density at radius 2 is 2.11 bits per heavy atom. The fraction of sp³-hybridized carbons (Fsp3) is 1.00. The van der Waals surface area contributed by atoms with Gasteiger partial charge < -0.3 is 19.9 Å². The summed E-state index contributed by atoms with van der Waals surface area (Å²) in [6.07, 6.45) is 8.51. The predicted molar refractivity (Wildman–Crippen MR) is 75.3 cm³/mol. The molecule has 2 rings (SSSR count). The van der Waals surface area contributed by atoms with E-state index in [1.807, 2.05) is 6.92 Å². The Labute approximate surface area is 116 Å². The van der Waals surface area contributed by atoms with Gasteiger partial charge in [-0.25, -0.2) is 0 Å². The molecule has 19 heavy (non-hydrogen) atoms. The molecule has 4 heteroatoms. The number of hydrogen-bond acceptors (Lipinski definition) is 4. The van der Waals surface area contributed by atoms with Gasteiger partial charge in [-0.3, -0.25) is 0 Å². The molecule has 0 aromatic rings. The van der Waals surface area contributed by atoms with Gasteiger partial charge in [0.05, 0.1) is 17.3 Å². The Hall–Kier alpha value is -0.160. The Kier molecular flexibility index (Phi) is 5.23. The molecule has 112 valence electrons. The molecule has 0 aromatic carbocycles. The molecule has 2 aliphatic rings. The first-order chi connectivity index (χ1) is 9.05. The molecule has 0 radical (unpaired) electrons. The lowest BCUT2D eigenvalue weighted by atomic mass is 9.98. The van der Waals surface area contributed by atoms with Gasteiger partial charge in [-0.05, 0) is 32.6 Å². The fourth-order valence-corrected chi connectivity index (χ4v) is 3.34. The molecule has 2 unspecified atom stereocenters. The van der Waals surface area contributed by atoms with E-state index in [2.05, 4.69) is 5.32 Å². The molecule has 1 saturated carbocycles. The molecular formula is C15H29NO3. The topological polar surface area (TPSA) is 50.7 Å². The summed E-state index contributed by atoms with van der Waals surface area (Å²) < 4.78 is 11.2. The van der Waals surface area contributed by atoms with Crippen molar-refractivity contribution in [2.45, 2.75) is 69.2 Å². The summed E-state index contributed by atoms with van der Waals surface area (Å²) in [4.78, 5) is 0. The number of nitrogens with one attached hydrogen (secondary N) is 1. The van der Waals surface area contributed by atoms with Crippen molar-refractivity contribution >= 4 is 0 Å². The highest BCUT2D eigenvalue weighted by Crippen LogP contribution is 2.43. The van der Waals surface area contributed by atoms with Gasteiger partial charge in [0, 0.05) is 33.2 Å². The number of rotatable bonds is 7. The molecule has 2 fully saturated rings. The van der Waals surface area contributed by atoms with Crippen molar-refractivity contribution in [3.05, 3.63) is 0 Å². The van der Waals surface area contributed by atoms with Crippen molar-refractivity contribution < 1.29 is 14.6 Å².